The first-order valence-corrected chi connectivity index (χ1v) is 6.27. The normalized spacial score (nSPS) is 18.2. The zero-order valence-corrected chi connectivity index (χ0v) is 11.1. The van der Waals surface area contributed by atoms with E-state index in [0.717, 1.165) is 17.3 Å². The first kappa shape index (κ1) is 11.2. The number of benzene rings is 1. The van der Waals surface area contributed by atoms with Gasteiger partial charge in [-0.3, -0.25) is 0 Å². The van der Waals surface area contributed by atoms with Crippen molar-refractivity contribution in [1.82, 2.24) is 0 Å². The summed E-state index contributed by atoms with van der Waals surface area (Å²) in [6.07, 6.45) is 2.62. The maximum Gasteiger partial charge on any atom is 0.0939 e. The van der Waals surface area contributed by atoms with E-state index in [0.29, 0.717) is 6.10 Å². The Balaban J connectivity index is 2.29. The molecule has 1 aliphatic carbocycles. The van der Waals surface area contributed by atoms with E-state index >= 15 is 0 Å². The molecule has 0 aromatic heterocycles. The van der Waals surface area contributed by atoms with Gasteiger partial charge in [0.25, 0.3) is 0 Å². The molecule has 82 valence electrons. The molecule has 0 saturated heterocycles. The SMILES string of the molecule is Cc1cc(Br)ccc1C1(OC(C)C)CC1. The molecule has 1 aliphatic rings. The molecular formula is C13H17BrO. The summed E-state index contributed by atoms with van der Waals surface area (Å²) in [7, 11) is 0. The summed E-state index contributed by atoms with van der Waals surface area (Å²) in [6, 6.07) is 6.46. The molecule has 0 amide bonds. The summed E-state index contributed by atoms with van der Waals surface area (Å²) in [6.45, 7) is 6.37. The maximum atomic E-state index is 6.04. The first-order valence-electron chi connectivity index (χ1n) is 5.48. The minimum atomic E-state index is 0.0267. The molecular weight excluding hydrogens is 252 g/mol. The Morgan fingerprint density at radius 2 is 2.00 bits per heavy atom. The molecule has 0 aliphatic heterocycles. The molecule has 0 atom stereocenters. The number of halogens is 1. The van der Waals surface area contributed by atoms with E-state index in [1.807, 2.05) is 0 Å². The van der Waals surface area contributed by atoms with Crippen molar-refractivity contribution in [3.05, 3.63) is 33.8 Å². The molecule has 0 bridgehead atoms. The standard InChI is InChI=1S/C13H17BrO/c1-9(2)15-13(6-7-13)12-5-4-11(14)8-10(12)3/h4-5,8-9H,6-7H2,1-3H3. The van der Waals surface area contributed by atoms with Gasteiger partial charge in [0.1, 0.15) is 0 Å². The fourth-order valence-electron chi connectivity index (χ4n) is 2.15. The van der Waals surface area contributed by atoms with Gasteiger partial charge in [-0.25, -0.2) is 0 Å². The van der Waals surface area contributed by atoms with Gasteiger partial charge in [0, 0.05) is 4.47 Å². The van der Waals surface area contributed by atoms with E-state index in [2.05, 4.69) is 54.9 Å². The summed E-state index contributed by atoms with van der Waals surface area (Å²) in [5.41, 5.74) is 2.71. The molecule has 0 N–H and O–H groups in total. The van der Waals surface area contributed by atoms with Crippen molar-refractivity contribution in [1.29, 1.82) is 0 Å². The lowest BCUT2D eigenvalue weighted by atomic mass is 10.0. The van der Waals surface area contributed by atoms with Crippen molar-refractivity contribution in [3.63, 3.8) is 0 Å². The lowest BCUT2D eigenvalue weighted by Crippen LogP contribution is -2.18. The Bertz CT molecular complexity index is 367. The third-order valence-corrected chi connectivity index (χ3v) is 3.34. The molecule has 2 heteroatoms. The predicted octanol–water partition coefficient (Wildman–Crippen LogP) is 4.17. The van der Waals surface area contributed by atoms with Crippen LogP contribution in [0.25, 0.3) is 0 Å². The second kappa shape index (κ2) is 3.91. The number of hydrogen-bond acceptors (Lipinski definition) is 1. The van der Waals surface area contributed by atoms with Crippen LogP contribution in [0, 0.1) is 6.92 Å². The molecule has 2 rings (SSSR count). The zero-order chi connectivity index (χ0) is 11.1. The Labute approximate surface area is 100.0 Å². The van der Waals surface area contributed by atoms with Crippen molar-refractivity contribution in [2.75, 3.05) is 0 Å². The average molecular weight is 269 g/mol. The largest absolute Gasteiger partial charge is 0.368 e. The highest BCUT2D eigenvalue weighted by Gasteiger charge is 2.47. The predicted molar refractivity (Wildman–Crippen MR) is 66.0 cm³/mol. The fraction of sp³-hybridized carbons (Fsp3) is 0.538. The fourth-order valence-corrected chi connectivity index (χ4v) is 2.63. The van der Waals surface area contributed by atoms with Crippen LogP contribution in [-0.4, -0.2) is 6.10 Å². The van der Waals surface area contributed by atoms with E-state index in [1.54, 1.807) is 0 Å². The van der Waals surface area contributed by atoms with Crippen LogP contribution < -0.4 is 0 Å². The summed E-state index contributed by atoms with van der Waals surface area (Å²) in [5.74, 6) is 0. The minimum Gasteiger partial charge on any atom is -0.368 e. The van der Waals surface area contributed by atoms with Gasteiger partial charge in [-0.15, -0.1) is 0 Å². The molecule has 0 unspecified atom stereocenters. The van der Waals surface area contributed by atoms with Crippen LogP contribution in [0.5, 0.6) is 0 Å². The Hall–Kier alpha value is -0.340. The first-order chi connectivity index (χ1) is 7.03. The van der Waals surface area contributed by atoms with E-state index in [-0.39, 0.29) is 5.60 Å². The van der Waals surface area contributed by atoms with Crippen molar-refractivity contribution in [2.24, 2.45) is 0 Å². The van der Waals surface area contributed by atoms with E-state index in [9.17, 15) is 0 Å². The van der Waals surface area contributed by atoms with E-state index in [1.165, 1.54) is 11.1 Å². The van der Waals surface area contributed by atoms with Crippen molar-refractivity contribution in [2.45, 2.75) is 45.3 Å². The highest BCUT2D eigenvalue weighted by atomic mass is 79.9. The summed E-state index contributed by atoms with van der Waals surface area (Å²) >= 11 is 3.49. The van der Waals surface area contributed by atoms with Crippen LogP contribution in [0.1, 0.15) is 37.8 Å². The van der Waals surface area contributed by atoms with Gasteiger partial charge in [-0.2, -0.15) is 0 Å². The van der Waals surface area contributed by atoms with Gasteiger partial charge in [-0.1, -0.05) is 22.0 Å². The molecule has 1 aromatic carbocycles. The van der Waals surface area contributed by atoms with E-state index < -0.39 is 0 Å². The van der Waals surface area contributed by atoms with Gasteiger partial charge in [0.05, 0.1) is 11.7 Å². The smallest absolute Gasteiger partial charge is 0.0939 e. The number of rotatable bonds is 3. The van der Waals surface area contributed by atoms with Crippen LogP contribution in [0.4, 0.5) is 0 Å². The highest BCUT2D eigenvalue weighted by Crippen LogP contribution is 2.51. The maximum absolute atomic E-state index is 6.04. The minimum absolute atomic E-state index is 0.0267. The van der Waals surface area contributed by atoms with Crippen LogP contribution >= 0.6 is 15.9 Å². The van der Waals surface area contributed by atoms with Gasteiger partial charge < -0.3 is 4.74 Å². The monoisotopic (exact) mass is 268 g/mol. The molecule has 1 saturated carbocycles. The van der Waals surface area contributed by atoms with Crippen molar-refractivity contribution in [3.8, 4) is 0 Å². The van der Waals surface area contributed by atoms with Gasteiger partial charge >= 0.3 is 0 Å². The second-order valence-electron chi connectivity index (χ2n) is 4.62. The molecule has 1 aromatic rings. The van der Waals surface area contributed by atoms with Crippen LogP contribution in [0.2, 0.25) is 0 Å². The quantitative estimate of drug-likeness (QED) is 0.800. The van der Waals surface area contributed by atoms with Gasteiger partial charge in [0.2, 0.25) is 0 Å². The number of aryl methyl sites for hydroxylation is 1. The summed E-state index contributed by atoms with van der Waals surface area (Å²) in [4.78, 5) is 0. The molecule has 0 radical (unpaired) electrons. The summed E-state index contributed by atoms with van der Waals surface area (Å²) < 4.78 is 7.18. The lowest BCUT2D eigenvalue weighted by molar-refractivity contribution is -0.0146. The molecule has 1 nitrogen and oxygen atoms in total. The summed E-state index contributed by atoms with van der Waals surface area (Å²) in [5, 5.41) is 0. The van der Waals surface area contributed by atoms with Crippen molar-refractivity contribution >= 4 is 15.9 Å². The molecule has 0 spiro atoms. The van der Waals surface area contributed by atoms with Gasteiger partial charge in [0.15, 0.2) is 0 Å². The van der Waals surface area contributed by atoms with Crippen LogP contribution in [0.15, 0.2) is 22.7 Å². The van der Waals surface area contributed by atoms with Crippen LogP contribution in [-0.2, 0) is 10.3 Å². The zero-order valence-electron chi connectivity index (χ0n) is 9.51. The highest BCUT2D eigenvalue weighted by molar-refractivity contribution is 9.10. The molecule has 0 heterocycles. The second-order valence-corrected chi connectivity index (χ2v) is 5.54. The van der Waals surface area contributed by atoms with Crippen LogP contribution in [0.3, 0.4) is 0 Å². The molecule has 1 fully saturated rings. The average Bonchev–Trinajstić information content (AvgIpc) is 2.83. The Kier molecular flexibility index (Phi) is 2.91. The number of hydrogen-bond donors (Lipinski definition) is 0. The molecule has 15 heavy (non-hydrogen) atoms. The third kappa shape index (κ3) is 2.26. The van der Waals surface area contributed by atoms with Crippen molar-refractivity contribution < 1.29 is 4.74 Å². The third-order valence-electron chi connectivity index (χ3n) is 2.84. The Morgan fingerprint density at radius 3 is 2.47 bits per heavy atom. The van der Waals surface area contributed by atoms with E-state index in [4.69, 9.17) is 4.74 Å². The lowest BCUT2D eigenvalue weighted by Gasteiger charge is -2.22. The number of ether oxygens (including phenoxy) is 1. The van der Waals surface area contributed by atoms with Gasteiger partial charge in [-0.05, 0) is 56.9 Å². The topological polar surface area (TPSA) is 9.23 Å². The Morgan fingerprint density at radius 1 is 1.33 bits per heavy atom.